The van der Waals surface area contributed by atoms with Crippen molar-refractivity contribution in [3.05, 3.63) is 0 Å². The smallest absolute Gasteiger partial charge is 0.326 e. The first kappa shape index (κ1) is 17.3. The van der Waals surface area contributed by atoms with Crippen molar-refractivity contribution in [1.29, 1.82) is 0 Å². The Labute approximate surface area is 124 Å². The molecule has 0 unspecified atom stereocenters. The van der Waals surface area contributed by atoms with Gasteiger partial charge < -0.3 is 20.1 Å². The van der Waals surface area contributed by atoms with Crippen molar-refractivity contribution in [1.82, 2.24) is 10.2 Å². The lowest BCUT2D eigenvalue weighted by atomic mass is 9.95. The number of nitrogens with zero attached hydrogens (tertiary/aromatic N) is 1. The van der Waals surface area contributed by atoms with E-state index >= 15 is 0 Å². The maximum absolute atomic E-state index is 12.1. The monoisotopic (exact) mass is 300 g/mol. The van der Waals surface area contributed by atoms with Crippen molar-refractivity contribution < 1.29 is 24.2 Å². The Balaban J connectivity index is 2.50. The minimum atomic E-state index is -1.15. The molecule has 0 bridgehead atoms. The molecule has 1 saturated carbocycles. The number of carboxylic acid groups (broad SMARTS) is 1. The fourth-order valence-electron chi connectivity index (χ4n) is 2.51. The number of hydrogen-bond acceptors (Lipinski definition) is 4. The van der Waals surface area contributed by atoms with Crippen LogP contribution in [0.5, 0.6) is 0 Å². The summed E-state index contributed by atoms with van der Waals surface area (Å²) in [4.78, 5) is 35.9. The molecule has 0 heterocycles. The highest BCUT2D eigenvalue weighted by molar-refractivity contribution is 5.83. The second-order valence-electron chi connectivity index (χ2n) is 5.36. The van der Waals surface area contributed by atoms with Gasteiger partial charge in [-0.05, 0) is 19.3 Å². The summed E-state index contributed by atoms with van der Waals surface area (Å²) in [6.07, 6.45) is 5.24. The lowest BCUT2D eigenvalue weighted by Gasteiger charge is -2.32. The number of urea groups is 1. The highest BCUT2D eigenvalue weighted by Crippen LogP contribution is 2.21. The number of carboxylic acids is 1. The minimum Gasteiger partial charge on any atom is -0.480 e. The first-order valence-electron chi connectivity index (χ1n) is 7.28. The van der Waals surface area contributed by atoms with E-state index in [1.807, 2.05) is 0 Å². The van der Waals surface area contributed by atoms with Crippen LogP contribution in [0.15, 0.2) is 0 Å². The summed E-state index contributed by atoms with van der Waals surface area (Å²) < 4.78 is 4.47. The number of esters is 1. The van der Waals surface area contributed by atoms with E-state index in [2.05, 4.69) is 10.1 Å². The van der Waals surface area contributed by atoms with Gasteiger partial charge in [0, 0.05) is 19.5 Å². The molecule has 0 aromatic carbocycles. The van der Waals surface area contributed by atoms with Gasteiger partial charge in [0.15, 0.2) is 0 Å². The van der Waals surface area contributed by atoms with Crippen LogP contribution in [0.3, 0.4) is 0 Å². The Morgan fingerprint density at radius 2 is 1.90 bits per heavy atom. The van der Waals surface area contributed by atoms with Crippen LogP contribution in [0.1, 0.15) is 44.9 Å². The van der Waals surface area contributed by atoms with Gasteiger partial charge >= 0.3 is 18.0 Å². The summed E-state index contributed by atoms with van der Waals surface area (Å²) in [5, 5.41) is 11.6. The van der Waals surface area contributed by atoms with Crippen LogP contribution in [0, 0.1) is 0 Å². The number of aliphatic carboxylic acids is 1. The summed E-state index contributed by atoms with van der Waals surface area (Å²) in [6.45, 7) is 0. The number of rotatable bonds is 6. The summed E-state index contributed by atoms with van der Waals surface area (Å²) in [6, 6.07) is -1.32. The summed E-state index contributed by atoms with van der Waals surface area (Å²) in [5.74, 6) is -1.64. The van der Waals surface area contributed by atoms with Crippen LogP contribution in [-0.2, 0) is 14.3 Å². The lowest BCUT2D eigenvalue weighted by Crippen LogP contribution is -2.50. The van der Waals surface area contributed by atoms with Crippen molar-refractivity contribution in [3.63, 3.8) is 0 Å². The minimum absolute atomic E-state index is 0.0201. The first-order valence-corrected chi connectivity index (χ1v) is 7.28. The summed E-state index contributed by atoms with van der Waals surface area (Å²) >= 11 is 0. The Morgan fingerprint density at radius 3 is 2.43 bits per heavy atom. The third-order valence-electron chi connectivity index (χ3n) is 3.90. The van der Waals surface area contributed by atoms with Crippen molar-refractivity contribution in [2.45, 2.75) is 57.0 Å². The molecule has 1 atom stereocenters. The summed E-state index contributed by atoms with van der Waals surface area (Å²) in [5.41, 5.74) is 0. The maximum atomic E-state index is 12.1. The number of hydrogen-bond donors (Lipinski definition) is 2. The molecule has 0 saturated heterocycles. The van der Waals surface area contributed by atoms with Gasteiger partial charge in [0.1, 0.15) is 6.04 Å². The van der Waals surface area contributed by atoms with E-state index in [4.69, 9.17) is 5.11 Å². The van der Waals surface area contributed by atoms with Crippen LogP contribution in [-0.4, -0.2) is 54.2 Å². The molecule has 1 rings (SSSR count). The van der Waals surface area contributed by atoms with E-state index in [-0.39, 0.29) is 18.9 Å². The molecule has 1 aliphatic rings. The number of carbonyl (C=O) groups is 3. The van der Waals surface area contributed by atoms with Crippen molar-refractivity contribution in [2.75, 3.05) is 14.2 Å². The first-order chi connectivity index (χ1) is 9.95. The van der Waals surface area contributed by atoms with Crippen LogP contribution < -0.4 is 5.32 Å². The predicted octanol–water partition coefficient (Wildman–Crippen LogP) is 1.37. The van der Waals surface area contributed by atoms with Crippen molar-refractivity contribution >= 4 is 18.0 Å². The topological polar surface area (TPSA) is 95.9 Å². The molecular formula is C14H24N2O5. The van der Waals surface area contributed by atoms with Crippen LogP contribution in [0.4, 0.5) is 4.79 Å². The van der Waals surface area contributed by atoms with E-state index in [0.29, 0.717) is 0 Å². The Hall–Kier alpha value is -1.79. The van der Waals surface area contributed by atoms with Gasteiger partial charge in [0.05, 0.1) is 7.11 Å². The largest absolute Gasteiger partial charge is 0.480 e. The molecule has 0 aliphatic heterocycles. The molecule has 2 N–H and O–H groups in total. The molecule has 120 valence electrons. The number of amides is 2. The van der Waals surface area contributed by atoms with Gasteiger partial charge in [0.2, 0.25) is 0 Å². The quantitative estimate of drug-likeness (QED) is 0.722. The van der Waals surface area contributed by atoms with Gasteiger partial charge in [-0.2, -0.15) is 0 Å². The zero-order valence-electron chi connectivity index (χ0n) is 12.6. The van der Waals surface area contributed by atoms with Gasteiger partial charge in [-0.25, -0.2) is 9.59 Å². The number of carbonyl (C=O) groups excluding carboxylic acids is 2. The third-order valence-corrected chi connectivity index (χ3v) is 3.90. The number of ether oxygens (including phenoxy) is 1. The zero-order chi connectivity index (χ0) is 15.8. The van der Waals surface area contributed by atoms with Gasteiger partial charge in [-0.15, -0.1) is 0 Å². The van der Waals surface area contributed by atoms with Crippen LogP contribution >= 0.6 is 0 Å². The Bertz CT molecular complexity index is 380. The summed E-state index contributed by atoms with van der Waals surface area (Å²) in [7, 11) is 2.93. The molecule has 1 aliphatic carbocycles. The van der Waals surface area contributed by atoms with Crippen LogP contribution in [0.25, 0.3) is 0 Å². The van der Waals surface area contributed by atoms with E-state index < -0.39 is 24.0 Å². The normalized spacial score (nSPS) is 16.9. The van der Waals surface area contributed by atoms with Gasteiger partial charge in [-0.3, -0.25) is 4.79 Å². The Kier molecular flexibility index (Phi) is 6.98. The molecule has 1 fully saturated rings. The molecule has 0 radical (unpaired) electrons. The average molecular weight is 300 g/mol. The molecular weight excluding hydrogens is 276 g/mol. The van der Waals surface area contributed by atoms with Crippen molar-refractivity contribution in [2.24, 2.45) is 0 Å². The third kappa shape index (κ3) is 5.61. The fraction of sp³-hybridized carbons (Fsp3) is 0.786. The van der Waals surface area contributed by atoms with Crippen LogP contribution in [0.2, 0.25) is 0 Å². The molecule has 0 aromatic rings. The second kappa shape index (κ2) is 8.49. The highest BCUT2D eigenvalue weighted by atomic mass is 16.5. The second-order valence-corrected chi connectivity index (χ2v) is 5.36. The lowest BCUT2D eigenvalue weighted by molar-refractivity contribution is -0.142. The van der Waals surface area contributed by atoms with E-state index in [1.165, 1.54) is 13.5 Å². The average Bonchev–Trinajstić information content (AvgIpc) is 2.50. The molecule has 7 heteroatoms. The van der Waals surface area contributed by atoms with E-state index in [0.717, 1.165) is 25.7 Å². The zero-order valence-corrected chi connectivity index (χ0v) is 12.6. The molecule has 21 heavy (non-hydrogen) atoms. The number of methoxy groups -OCH3 is 1. The SMILES string of the molecule is COC(=O)CC[C@@H](NC(=O)N(C)C1CCCCC1)C(=O)O. The maximum Gasteiger partial charge on any atom is 0.326 e. The Morgan fingerprint density at radius 1 is 1.29 bits per heavy atom. The fourth-order valence-corrected chi connectivity index (χ4v) is 2.51. The molecule has 2 amide bonds. The van der Waals surface area contributed by atoms with E-state index in [1.54, 1.807) is 11.9 Å². The molecule has 0 spiro atoms. The molecule has 7 nitrogen and oxygen atoms in total. The van der Waals surface area contributed by atoms with Crippen molar-refractivity contribution in [3.8, 4) is 0 Å². The van der Waals surface area contributed by atoms with Gasteiger partial charge in [-0.1, -0.05) is 19.3 Å². The molecule has 0 aromatic heterocycles. The standard InChI is InChI=1S/C14H24N2O5/c1-16(10-6-4-3-5-7-10)14(20)15-11(13(18)19)8-9-12(17)21-2/h10-11H,3-9H2,1-2H3,(H,15,20)(H,18,19)/t11-/m1/s1. The number of nitrogens with one attached hydrogen (secondary N) is 1. The van der Waals surface area contributed by atoms with Gasteiger partial charge in [0.25, 0.3) is 0 Å². The van der Waals surface area contributed by atoms with E-state index in [9.17, 15) is 14.4 Å². The predicted molar refractivity (Wildman–Crippen MR) is 75.8 cm³/mol. The highest BCUT2D eigenvalue weighted by Gasteiger charge is 2.26.